The molecule has 0 radical (unpaired) electrons. The normalized spacial score (nSPS) is 26.6. The molecule has 2 atom stereocenters. The van der Waals surface area contributed by atoms with Crippen LogP contribution in [-0.2, 0) is 0 Å². The van der Waals surface area contributed by atoms with E-state index in [0.717, 1.165) is 18.5 Å². The summed E-state index contributed by atoms with van der Waals surface area (Å²) in [6.07, 6.45) is 0.942. The van der Waals surface area contributed by atoms with Crippen molar-refractivity contribution in [2.75, 3.05) is 6.54 Å². The SMILES string of the molecule is CC(C)N1CCC(N)C1c1ccccc1F. The second kappa shape index (κ2) is 4.52. The highest BCUT2D eigenvalue weighted by Gasteiger charge is 2.35. The number of likely N-dealkylation sites (tertiary alicyclic amines) is 1. The molecule has 2 unspecified atom stereocenters. The lowest BCUT2D eigenvalue weighted by Gasteiger charge is -2.30. The molecule has 0 aliphatic carbocycles. The third-order valence-corrected chi connectivity index (χ3v) is 3.37. The molecule has 1 aliphatic heterocycles. The zero-order valence-electron chi connectivity index (χ0n) is 9.86. The van der Waals surface area contributed by atoms with Gasteiger partial charge >= 0.3 is 0 Å². The second-order valence-corrected chi connectivity index (χ2v) is 4.75. The van der Waals surface area contributed by atoms with Crippen LogP contribution in [0.4, 0.5) is 4.39 Å². The summed E-state index contributed by atoms with van der Waals surface area (Å²) in [4.78, 5) is 2.28. The number of rotatable bonds is 2. The van der Waals surface area contributed by atoms with Crippen LogP contribution < -0.4 is 5.73 Å². The van der Waals surface area contributed by atoms with Crippen LogP contribution in [-0.4, -0.2) is 23.5 Å². The Morgan fingerprint density at radius 1 is 1.38 bits per heavy atom. The fourth-order valence-electron chi connectivity index (χ4n) is 2.54. The summed E-state index contributed by atoms with van der Waals surface area (Å²) >= 11 is 0. The van der Waals surface area contributed by atoms with Gasteiger partial charge in [-0.1, -0.05) is 18.2 Å². The summed E-state index contributed by atoms with van der Waals surface area (Å²) in [6.45, 7) is 5.22. The average Bonchev–Trinajstić information content (AvgIpc) is 2.61. The van der Waals surface area contributed by atoms with E-state index in [2.05, 4.69) is 18.7 Å². The number of nitrogens with zero attached hydrogens (tertiary/aromatic N) is 1. The lowest BCUT2D eigenvalue weighted by Crippen LogP contribution is -2.36. The predicted molar refractivity (Wildman–Crippen MR) is 63.6 cm³/mol. The lowest BCUT2D eigenvalue weighted by atomic mass is 9.99. The first-order valence-corrected chi connectivity index (χ1v) is 5.87. The molecule has 1 fully saturated rings. The summed E-state index contributed by atoms with van der Waals surface area (Å²) in [5.41, 5.74) is 6.84. The maximum Gasteiger partial charge on any atom is 0.128 e. The number of hydrogen-bond acceptors (Lipinski definition) is 2. The topological polar surface area (TPSA) is 29.3 Å². The molecule has 0 spiro atoms. The Labute approximate surface area is 96.2 Å². The number of nitrogens with two attached hydrogens (primary N) is 1. The van der Waals surface area contributed by atoms with E-state index in [1.165, 1.54) is 6.07 Å². The smallest absolute Gasteiger partial charge is 0.128 e. The molecule has 2 N–H and O–H groups in total. The molecule has 2 rings (SSSR count). The standard InChI is InChI=1S/C13H19FN2/c1-9(2)16-8-7-12(15)13(16)10-5-3-4-6-11(10)14/h3-6,9,12-13H,7-8,15H2,1-2H3. The van der Waals surface area contributed by atoms with Crippen LogP contribution in [0.2, 0.25) is 0 Å². The van der Waals surface area contributed by atoms with Gasteiger partial charge in [-0.05, 0) is 26.3 Å². The van der Waals surface area contributed by atoms with Crippen molar-refractivity contribution < 1.29 is 4.39 Å². The molecule has 0 aromatic heterocycles. The first kappa shape index (κ1) is 11.6. The Kier molecular flexibility index (Phi) is 3.26. The van der Waals surface area contributed by atoms with Gasteiger partial charge in [-0.15, -0.1) is 0 Å². The summed E-state index contributed by atoms with van der Waals surface area (Å²) < 4.78 is 13.8. The molecule has 3 heteroatoms. The fourth-order valence-corrected chi connectivity index (χ4v) is 2.54. The van der Waals surface area contributed by atoms with Gasteiger partial charge in [0.15, 0.2) is 0 Å². The van der Waals surface area contributed by atoms with Gasteiger partial charge in [-0.3, -0.25) is 4.90 Å². The highest BCUT2D eigenvalue weighted by Crippen LogP contribution is 2.33. The van der Waals surface area contributed by atoms with E-state index >= 15 is 0 Å². The Morgan fingerprint density at radius 3 is 2.69 bits per heavy atom. The summed E-state index contributed by atoms with van der Waals surface area (Å²) in [5.74, 6) is -0.143. The fraction of sp³-hybridized carbons (Fsp3) is 0.538. The van der Waals surface area contributed by atoms with Gasteiger partial charge in [-0.25, -0.2) is 4.39 Å². The van der Waals surface area contributed by atoms with E-state index in [0.29, 0.717) is 6.04 Å². The van der Waals surface area contributed by atoms with Crippen molar-refractivity contribution in [3.05, 3.63) is 35.6 Å². The van der Waals surface area contributed by atoms with Crippen LogP contribution in [0, 0.1) is 5.82 Å². The minimum atomic E-state index is -0.143. The van der Waals surface area contributed by atoms with Gasteiger partial charge in [-0.2, -0.15) is 0 Å². The number of benzene rings is 1. The Balaban J connectivity index is 2.34. The van der Waals surface area contributed by atoms with Crippen LogP contribution in [0.3, 0.4) is 0 Å². The molecule has 1 heterocycles. The van der Waals surface area contributed by atoms with Gasteiger partial charge < -0.3 is 5.73 Å². The Hall–Kier alpha value is -0.930. The minimum Gasteiger partial charge on any atom is -0.326 e. The second-order valence-electron chi connectivity index (χ2n) is 4.75. The van der Waals surface area contributed by atoms with Crippen molar-refractivity contribution in [1.82, 2.24) is 4.90 Å². The third kappa shape index (κ3) is 1.97. The molecule has 1 aliphatic rings. The number of halogens is 1. The van der Waals surface area contributed by atoms with Crippen LogP contribution in [0.5, 0.6) is 0 Å². The highest BCUT2D eigenvalue weighted by molar-refractivity contribution is 5.24. The molecule has 0 amide bonds. The first-order valence-electron chi connectivity index (χ1n) is 5.87. The summed E-state index contributed by atoms with van der Waals surface area (Å²) in [7, 11) is 0. The molecule has 1 aromatic rings. The molecule has 2 nitrogen and oxygen atoms in total. The van der Waals surface area contributed by atoms with Gasteiger partial charge in [0.2, 0.25) is 0 Å². The van der Waals surface area contributed by atoms with Gasteiger partial charge in [0.1, 0.15) is 5.82 Å². The van der Waals surface area contributed by atoms with E-state index in [1.54, 1.807) is 6.07 Å². The monoisotopic (exact) mass is 222 g/mol. The average molecular weight is 222 g/mol. The molecule has 16 heavy (non-hydrogen) atoms. The maximum atomic E-state index is 13.8. The van der Waals surface area contributed by atoms with E-state index in [1.807, 2.05) is 12.1 Å². The molecular formula is C13H19FN2. The molecule has 0 saturated carbocycles. The summed E-state index contributed by atoms with van der Waals surface area (Å²) in [5, 5.41) is 0. The van der Waals surface area contributed by atoms with Crippen molar-refractivity contribution >= 4 is 0 Å². The van der Waals surface area contributed by atoms with Crippen LogP contribution >= 0.6 is 0 Å². The van der Waals surface area contributed by atoms with Crippen molar-refractivity contribution in [1.29, 1.82) is 0 Å². The zero-order valence-corrected chi connectivity index (χ0v) is 9.86. The third-order valence-electron chi connectivity index (χ3n) is 3.37. The van der Waals surface area contributed by atoms with Crippen LogP contribution in [0.15, 0.2) is 24.3 Å². The van der Waals surface area contributed by atoms with Crippen molar-refractivity contribution in [3.63, 3.8) is 0 Å². The van der Waals surface area contributed by atoms with E-state index < -0.39 is 0 Å². The molecule has 1 aromatic carbocycles. The molecular weight excluding hydrogens is 203 g/mol. The maximum absolute atomic E-state index is 13.8. The Bertz CT molecular complexity index is 365. The first-order chi connectivity index (χ1) is 7.61. The van der Waals surface area contributed by atoms with E-state index in [4.69, 9.17) is 5.73 Å². The lowest BCUT2D eigenvalue weighted by molar-refractivity contribution is 0.194. The molecule has 0 bridgehead atoms. The van der Waals surface area contributed by atoms with Gasteiger partial charge in [0.05, 0.1) is 6.04 Å². The van der Waals surface area contributed by atoms with Crippen molar-refractivity contribution in [3.8, 4) is 0 Å². The van der Waals surface area contributed by atoms with Crippen molar-refractivity contribution in [2.45, 2.75) is 38.4 Å². The van der Waals surface area contributed by atoms with Crippen LogP contribution in [0.25, 0.3) is 0 Å². The summed E-state index contributed by atoms with van der Waals surface area (Å²) in [6, 6.07) is 7.43. The van der Waals surface area contributed by atoms with E-state index in [-0.39, 0.29) is 17.9 Å². The van der Waals surface area contributed by atoms with Crippen LogP contribution in [0.1, 0.15) is 31.9 Å². The zero-order chi connectivity index (χ0) is 11.7. The predicted octanol–water partition coefficient (Wildman–Crippen LogP) is 2.31. The number of hydrogen-bond donors (Lipinski definition) is 1. The highest BCUT2D eigenvalue weighted by atomic mass is 19.1. The van der Waals surface area contributed by atoms with Gasteiger partial charge in [0.25, 0.3) is 0 Å². The van der Waals surface area contributed by atoms with Gasteiger partial charge in [0, 0.05) is 24.2 Å². The minimum absolute atomic E-state index is 0.0289. The van der Waals surface area contributed by atoms with E-state index in [9.17, 15) is 4.39 Å². The molecule has 1 saturated heterocycles. The van der Waals surface area contributed by atoms with Crippen molar-refractivity contribution in [2.24, 2.45) is 5.73 Å². The molecule has 88 valence electrons. The largest absolute Gasteiger partial charge is 0.326 e. The quantitative estimate of drug-likeness (QED) is 0.832. The Morgan fingerprint density at radius 2 is 2.06 bits per heavy atom.